The maximum absolute atomic E-state index is 14.5. The van der Waals surface area contributed by atoms with Crippen LogP contribution in [0.2, 0.25) is 0 Å². The van der Waals surface area contributed by atoms with Gasteiger partial charge in [0, 0.05) is 12.1 Å². The van der Waals surface area contributed by atoms with Crippen molar-refractivity contribution < 1.29 is 14.0 Å². The predicted octanol–water partition coefficient (Wildman–Crippen LogP) is 5.15. The number of rotatable bonds is 3. The normalized spacial score (nSPS) is 18.3. The van der Waals surface area contributed by atoms with E-state index >= 15 is 0 Å². The number of hydrogen-bond donors (Lipinski definition) is 0. The average Bonchev–Trinajstić information content (AvgIpc) is 3.50. The number of para-hydroxylation sites is 2. The zero-order chi connectivity index (χ0) is 25.5. The lowest BCUT2D eigenvalue weighted by molar-refractivity contribution is -0.121. The van der Waals surface area contributed by atoms with E-state index in [1.807, 2.05) is 37.3 Å². The van der Waals surface area contributed by atoms with Crippen LogP contribution in [-0.4, -0.2) is 23.3 Å². The second kappa shape index (κ2) is 7.47. The van der Waals surface area contributed by atoms with Crippen LogP contribution in [0.15, 0.2) is 88.6 Å². The van der Waals surface area contributed by atoms with Crippen LogP contribution in [0, 0.1) is 6.92 Å². The molecule has 0 radical (unpaired) electrons. The fourth-order valence-corrected chi connectivity index (χ4v) is 6.65. The lowest BCUT2D eigenvalue weighted by Gasteiger charge is -2.32. The van der Waals surface area contributed by atoms with Gasteiger partial charge in [-0.3, -0.25) is 19.3 Å². The molecule has 0 saturated carbocycles. The van der Waals surface area contributed by atoms with Gasteiger partial charge in [-0.2, -0.15) is 0 Å². The quantitative estimate of drug-likeness (QED) is 0.317. The molecule has 7 nitrogen and oxygen atoms in total. The molecule has 1 atom stereocenters. The van der Waals surface area contributed by atoms with Gasteiger partial charge in [-0.1, -0.05) is 53.8 Å². The summed E-state index contributed by atoms with van der Waals surface area (Å²) < 4.78 is 6.96. The van der Waals surface area contributed by atoms with Crippen molar-refractivity contribution in [2.75, 3.05) is 16.3 Å². The van der Waals surface area contributed by atoms with Crippen molar-refractivity contribution in [3.8, 4) is 0 Å². The molecule has 3 aromatic carbocycles. The Morgan fingerprint density at radius 3 is 2.68 bits per heavy atom. The Labute approximate surface area is 214 Å². The molecule has 0 aliphatic carbocycles. The van der Waals surface area contributed by atoms with Gasteiger partial charge in [-0.25, -0.2) is 4.98 Å². The van der Waals surface area contributed by atoms with Crippen LogP contribution >= 0.6 is 11.3 Å². The molecule has 5 aromatic rings. The van der Waals surface area contributed by atoms with E-state index in [1.54, 1.807) is 47.4 Å². The highest BCUT2D eigenvalue weighted by molar-refractivity contribution is 7.22. The van der Waals surface area contributed by atoms with E-state index in [-0.39, 0.29) is 17.9 Å². The predicted molar refractivity (Wildman–Crippen MR) is 143 cm³/mol. The smallest absolute Gasteiger partial charge is 0.297 e. The van der Waals surface area contributed by atoms with Gasteiger partial charge in [0.25, 0.3) is 11.8 Å². The summed E-state index contributed by atoms with van der Waals surface area (Å²) in [6.45, 7) is 6.01. The fourth-order valence-electron chi connectivity index (χ4n) is 5.54. The third kappa shape index (κ3) is 2.65. The van der Waals surface area contributed by atoms with Gasteiger partial charge in [0.2, 0.25) is 5.76 Å². The van der Waals surface area contributed by atoms with Gasteiger partial charge in [-0.15, -0.1) is 6.58 Å². The fraction of sp³-hybridized carbons (Fsp3) is 0.103. The summed E-state index contributed by atoms with van der Waals surface area (Å²) >= 11 is 1.30. The van der Waals surface area contributed by atoms with Crippen molar-refractivity contribution in [1.29, 1.82) is 0 Å². The third-order valence-electron chi connectivity index (χ3n) is 7.07. The van der Waals surface area contributed by atoms with Gasteiger partial charge in [-0.05, 0) is 42.8 Å². The molecule has 2 amide bonds. The number of fused-ring (bicyclic) bond motifs is 6. The highest BCUT2D eigenvalue weighted by Gasteiger charge is 2.66. The maximum Gasteiger partial charge on any atom is 0.297 e. The molecule has 1 unspecified atom stereocenters. The van der Waals surface area contributed by atoms with Crippen molar-refractivity contribution in [3.05, 3.63) is 112 Å². The summed E-state index contributed by atoms with van der Waals surface area (Å²) in [7, 11) is 0. The number of nitrogens with zero attached hydrogens (tertiary/aromatic N) is 3. The first kappa shape index (κ1) is 21.7. The van der Waals surface area contributed by atoms with Crippen LogP contribution < -0.4 is 15.2 Å². The molecule has 37 heavy (non-hydrogen) atoms. The van der Waals surface area contributed by atoms with E-state index in [4.69, 9.17) is 9.40 Å². The molecule has 0 bridgehead atoms. The molecule has 2 aliphatic rings. The minimum atomic E-state index is -1.75. The van der Waals surface area contributed by atoms with Crippen LogP contribution in [0.3, 0.4) is 0 Å². The second-order valence-electron chi connectivity index (χ2n) is 9.17. The van der Waals surface area contributed by atoms with Crippen LogP contribution in [0.4, 0.5) is 10.8 Å². The van der Waals surface area contributed by atoms with E-state index in [0.717, 1.165) is 10.3 Å². The zero-order valence-electron chi connectivity index (χ0n) is 19.7. The Morgan fingerprint density at radius 1 is 1.05 bits per heavy atom. The summed E-state index contributed by atoms with van der Waals surface area (Å²) in [4.78, 5) is 50.5. The summed E-state index contributed by atoms with van der Waals surface area (Å²) in [5.41, 5.74) is 1.06. The minimum Gasteiger partial charge on any atom is -0.450 e. The molecule has 2 aliphatic heterocycles. The highest BCUT2D eigenvalue weighted by atomic mass is 32.1. The number of anilines is 2. The molecule has 7 rings (SSSR count). The number of amides is 2. The van der Waals surface area contributed by atoms with Crippen molar-refractivity contribution >= 4 is 55.2 Å². The topological polar surface area (TPSA) is 83.7 Å². The molecular formula is C29H19N3O4S. The Balaban J connectivity index is 1.63. The first-order valence-electron chi connectivity index (χ1n) is 11.8. The number of carbonyl (C=O) groups excluding carboxylic acids is 2. The Kier molecular flexibility index (Phi) is 4.38. The van der Waals surface area contributed by atoms with Gasteiger partial charge >= 0.3 is 0 Å². The molecule has 180 valence electrons. The van der Waals surface area contributed by atoms with E-state index in [1.165, 1.54) is 16.2 Å². The first-order chi connectivity index (χ1) is 18.0. The minimum absolute atomic E-state index is 0.0237. The number of carbonyl (C=O) groups is 2. The van der Waals surface area contributed by atoms with E-state index in [9.17, 15) is 14.4 Å². The number of aryl methyl sites for hydroxylation is 1. The van der Waals surface area contributed by atoms with Crippen molar-refractivity contribution in [3.63, 3.8) is 0 Å². The molecule has 0 fully saturated rings. The van der Waals surface area contributed by atoms with Crippen LogP contribution in [-0.2, 0) is 10.3 Å². The largest absolute Gasteiger partial charge is 0.450 e. The summed E-state index contributed by atoms with van der Waals surface area (Å²) in [6, 6.07) is 19.8. The molecule has 2 aromatic heterocycles. The van der Waals surface area contributed by atoms with E-state index in [2.05, 4.69) is 6.58 Å². The zero-order valence-corrected chi connectivity index (χ0v) is 20.5. The Morgan fingerprint density at radius 2 is 1.84 bits per heavy atom. The van der Waals surface area contributed by atoms with E-state index in [0.29, 0.717) is 32.9 Å². The Hall–Kier alpha value is -4.56. The average molecular weight is 506 g/mol. The number of hydrogen-bond acceptors (Lipinski definition) is 6. The second-order valence-corrected chi connectivity index (χ2v) is 10.2. The lowest BCUT2D eigenvalue weighted by Crippen LogP contribution is -2.53. The van der Waals surface area contributed by atoms with Gasteiger partial charge in [0.1, 0.15) is 5.58 Å². The molecule has 8 heteroatoms. The molecule has 0 N–H and O–H groups in total. The summed E-state index contributed by atoms with van der Waals surface area (Å²) in [5.74, 6) is -1.13. The standard InChI is InChI=1S/C29H19N3O4S/c1-3-14-31-20-10-6-5-9-18(20)29(27(31)35)23-24(33)17-8-4-7-11-21(17)36-25(23)26(34)32(29)28-30-19-13-12-16(2)15-22(19)37-28/h3-13,15H,1,14H2,2H3. The summed E-state index contributed by atoms with van der Waals surface area (Å²) in [6.07, 6.45) is 1.62. The highest BCUT2D eigenvalue weighted by Crippen LogP contribution is 2.54. The van der Waals surface area contributed by atoms with Gasteiger partial charge in [0.05, 0.1) is 26.9 Å². The molecule has 1 spiro atoms. The van der Waals surface area contributed by atoms with Gasteiger partial charge < -0.3 is 9.32 Å². The van der Waals surface area contributed by atoms with Crippen molar-refractivity contribution in [1.82, 2.24) is 4.98 Å². The first-order valence-corrected chi connectivity index (χ1v) is 12.6. The Bertz CT molecular complexity index is 1890. The maximum atomic E-state index is 14.5. The van der Waals surface area contributed by atoms with E-state index < -0.39 is 22.8 Å². The monoisotopic (exact) mass is 505 g/mol. The lowest BCUT2D eigenvalue weighted by atomic mass is 9.84. The van der Waals surface area contributed by atoms with Gasteiger partial charge in [0.15, 0.2) is 16.1 Å². The number of thiazole rings is 1. The SMILES string of the molecule is C=CCN1C(=O)C2(c3ccccc31)c1c(oc3ccccc3c1=O)C(=O)N2c1nc2ccc(C)cc2s1. The number of benzene rings is 3. The molecule has 0 saturated heterocycles. The summed E-state index contributed by atoms with van der Waals surface area (Å²) in [5, 5.41) is 0.631. The molecular weight excluding hydrogens is 486 g/mol. The number of aromatic nitrogens is 1. The third-order valence-corrected chi connectivity index (χ3v) is 8.07. The van der Waals surface area contributed by atoms with Crippen LogP contribution in [0.5, 0.6) is 0 Å². The van der Waals surface area contributed by atoms with Crippen molar-refractivity contribution in [2.45, 2.75) is 12.5 Å². The van der Waals surface area contributed by atoms with Crippen LogP contribution in [0.25, 0.3) is 21.2 Å². The van der Waals surface area contributed by atoms with Crippen LogP contribution in [0.1, 0.15) is 27.2 Å². The molecule has 4 heterocycles. The van der Waals surface area contributed by atoms with Crippen molar-refractivity contribution in [2.24, 2.45) is 0 Å².